The number of aliphatic hydroxyl groups is 1. The van der Waals surface area contributed by atoms with Crippen LogP contribution >= 0.6 is 0 Å². The zero-order chi connectivity index (χ0) is 19.9. The highest BCUT2D eigenvalue weighted by Gasteiger charge is 2.44. The number of nitrogens with one attached hydrogen (secondary N) is 2. The molecule has 0 unspecified atom stereocenters. The first kappa shape index (κ1) is 21.0. The minimum atomic E-state index is -0.728. The molecule has 1 amide bonds. The zero-order valence-electron chi connectivity index (χ0n) is 16.7. The van der Waals surface area contributed by atoms with E-state index in [9.17, 15) is 9.90 Å². The van der Waals surface area contributed by atoms with Crippen LogP contribution in [-0.2, 0) is 20.6 Å². The molecule has 2 saturated heterocycles. The van der Waals surface area contributed by atoms with Gasteiger partial charge in [-0.15, -0.1) is 0 Å². The van der Waals surface area contributed by atoms with Gasteiger partial charge < -0.3 is 30.0 Å². The van der Waals surface area contributed by atoms with E-state index in [0.717, 1.165) is 18.5 Å². The fourth-order valence-electron chi connectivity index (χ4n) is 3.68. The summed E-state index contributed by atoms with van der Waals surface area (Å²) in [6.07, 6.45) is -0.460. The Bertz CT molecular complexity index is 612. The van der Waals surface area contributed by atoms with Crippen LogP contribution in [0.1, 0.15) is 25.8 Å². The van der Waals surface area contributed by atoms with Crippen molar-refractivity contribution in [2.75, 3.05) is 26.3 Å². The second-order valence-electron chi connectivity index (χ2n) is 8.03. The highest BCUT2D eigenvalue weighted by molar-refractivity contribution is 5.68. The Kier molecular flexibility index (Phi) is 7.67. The number of ether oxygens (including phenoxy) is 3. The van der Waals surface area contributed by atoms with Crippen molar-refractivity contribution in [2.45, 2.75) is 51.2 Å². The SMILES string of the molecule is CC(C)CNC[C@H](O)[C@H](Cc1ccccc1)NC(=O)O[C@H]1CO[C@H]2OCC[C@H]21. The number of carbonyl (C=O) groups is 1. The summed E-state index contributed by atoms with van der Waals surface area (Å²) in [7, 11) is 0. The van der Waals surface area contributed by atoms with Crippen LogP contribution in [0.3, 0.4) is 0 Å². The number of aliphatic hydroxyl groups excluding tert-OH is 1. The number of rotatable bonds is 9. The second kappa shape index (κ2) is 10.2. The van der Waals surface area contributed by atoms with Gasteiger partial charge in [-0.25, -0.2) is 4.79 Å². The maximum Gasteiger partial charge on any atom is 0.407 e. The van der Waals surface area contributed by atoms with Gasteiger partial charge in [-0.1, -0.05) is 44.2 Å². The van der Waals surface area contributed by atoms with Gasteiger partial charge in [0.1, 0.15) is 6.10 Å². The average molecular weight is 392 g/mol. The Balaban J connectivity index is 1.56. The number of benzene rings is 1. The Hall–Kier alpha value is -1.67. The van der Waals surface area contributed by atoms with E-state index in [1.807, 2.05) is 30.3 Å². The molecule has 3 N–H and O–H groups in total. The molecule has 2 fully saturated rings. The Morgan fingerprint density at radius 1 is 1.25 bits per heavy atom. The molecule has 7 heteroatoms. The fraction of sp³-hybridized carbons (Fsp3) is 0.667. The fourth-order valence-corrected chi connectivity index (χ4v) is 3.68. The number of carbonyl (C=O) groups excluding carboxylic acids is 1. The minimum Gasteiger partial charge on any atom is -0.443 e. The van der Waals surface area contributed by atoms with Gasteiger partial charge in [0.25, 0.3) is 0 Å². The van der Waals surface area contributed by atoms with Gasteiger partial charge in [0, 0.05) is 6.54 Å². The average Bonchev–Trinajstić information content (AvgIpc) is 3.27. The van der Waals surface area contributed by atoms with E-state index in [2.05, 4.69) is 24.5 Å². The third-order valence-corrected chi connectivity index (χ3v) is 5.22. The smallest absolute Gasteiger partial charge is 0.407 e. The van der Waals surface area contributed by atoms with E-state index in [1.54, 1.807) is 0 Å². The van der Waals surface area contributed by atoms with Gasteiger partial charge in [-0.3, -0.25) is 0 Å². The molecule has 0 spiro atoms. The molecule has 2 aliphatic rings. The van der Waals surface area contributed by atoms with E-state index in [-0.39, 0.29) is 18.3 Å². The van der Waals surface area contributed by atoms with Crippen LogP contribution in [0.25, 0.3) is 0 Å². The third-order valence-electron chi connectivity index (χ3n) is 5.22. The summed E-state index contributed by atoms with van der Waals surface area (Å²) in [5.41, 5.74) is 1.05. The Labute approximate surface area is 166 Å². The van der Waals surface area contributed by atoms with Crippen molar-refractivity contribution in [1.29, 1.82) is 0 Å². The molecule has 0 bridgehead atoms. The van der Waals surface area contributed by atoms with Crippen molar-refractivity contribution in [1.82, 2.24) is 10.6 Å². The number of hydrogen-bond donors (Lipinski definition) is 3. The van der Waals surface area contributed by atoms with Gasteiger partial charge in [0.2, 0.25) is 0 Å². The van der Waals surface area contributed by atoms with Crippen LogP contribution in [0, 0.1) is 11.8 Å². The van der Waals surface area contributed by atoms with Gasteiger partial charge in [0.15, 0.2) is 6.29 Å². The van der Waals surface area contributed by atoms with Crippen LogP contribution in [0.2, 0.25) is 0 Å². The van der Waals surface area contributed by atoms with E-state index in [4.69, 9.17) is 14.2 Å². The summed E-state index contributed by atoms with van der Waals surface area (Å²) in [4.78, 5) is 12.5. The minimum absolute atomic E-state index is 0.0935. The maximum atomic E-state index is 12.5. The topological polar surface area (TPSA) is 89.1 Å². The quantitative estimate of drug-likeness (QED) is 0.593. The lowest BCUT2D eigenvalue weighted by molar-refractivity contribution is -0.0907. The van der Waals surface area contributed by atoms with E-state index in [0.29, 0.717) is 32.1 Å². The molecule has 0 radical (unpaired) electrons. The van der Waals surface area contributed by atoms with Crippen molar-refractivity contribution in [3.8, 4) is 0 Å². The van der Waals surface area contributed by atoms with Crippen molar-refractivity contribution in [3.05, 3.63) is 35.9 Å². The molecule has 0 aromatic heterocycles. The molecule has 28 heavy (non-hydrogen) atoms. The van der Waals surface area contributed by atoms with Crippen LogP contribution in [0.5, 0.6) is 0 Å². The molecule has 2 heterocycles. The molecule has 156 valence electrons. The summed E-state index contributed by atoms with van der Waals surface area (Å²) >= 11 is 0. The molecule has 2 aliphatic heterocycles. The highest BCUT2D eigenvalue weighted by Crippen LogP contribution is 2.32. The standard InChI is InChI=1S/C21H32N2O5/c1-14(2)11-22-12-18(24)17(10-15-6-4-3-5-7-15)23-21(25)28-19-13-27-20-16(19)8-9-26-20/h3-7,14,16-20,22,24H,8-13H2,1-2H3,(H,23,25)/t16-,17-,18-,19-,20+/m0/s1. The van der Waals surface area contributed by atoms with Gasteiger partial charge in [-0.2, -0.15) is 0 Å². The van der Waals surface area contributed by atoms with Crippen LogP contribution in [0.4, 0.5) is 4.79 Å². The molecule has 1 aromatic carbocycles. The van der Waals surface area contributed by atoms with Gasteiger partial charge in [0.05, 0.1) is 31.3 Å². The lowest BCUT2D eigenvalue weighted by Crippen LogP contribution is -2.50. The number of hydrogen-bond acceptors (Lipinski definition) is 6. The molecular weight excluding hydrogens is 360 g/mol. The van der Waals surface area contributed by atoms with E-state index < -0.39 is 18.2 Å². The summed E-state index contributed by atoms with van der Waals surface area (Å²) in [6, 6.07) is 9.36. The molecule has 5 atom stereocenters. The molecular formula is C21H32N2O5. The van der Waals surface area contributed by atoms with Crippen molar-refractivity contribution >= 4 is 6.09 Å². The predicted octanol–water partition coefficient (Wildman–Crippen LogP) is 1.69. The Morgan fingerprint density at radius 2 is 2.04 bits per heavy atom. The summed E-state index contributed by atoms with van der Waals surface area (Å²) in [5.74, 6) is 0.581. The molecule has 0 aliphatic carbocycles. The monoisotopic (exact) mass is 392 g/mol. The van der Waals surface area contributed by atoms with Gasteiger partial charge >= 0.3 is 6.09 Å². The van der Waals surface area contributed by atoms with Crippen molar-refractivity contribution in [2.24, 2.45) is 11.8 Å². The van der Waals surface area contributed by atoms with E-state index >= 15 is 0 Å². The third kappa shape index (κ3) is 5.91. The zero-order valence-corrected chi connectivity index (χ0v) is 16.7. The lowest BCUT2D eigenvalue weighted by Gasteiger charge is -2.26. The molecule has 3 rings (SSSR count). The molecule has 1 aromatic rings. The number of fused-ring (bicyclic) bond motifs is 1. The molecule has 0 saturated carbocycles. The van der Waals surface area contributed by atoms with Gasteiger partial charge in [-0.05, 0) is 30.9 Å². The first-order valence-electron chi connectivity index (χ1n) is 10.2. The Morgan fingerprint density at radius 3 is 2.79 bits per heavy atom. The number of amides is 1. The van der Waals surface area contributed by atoms with E-state index in [1.165, 1.54) is 0 Å². The largest absolute Gasteiger partial charge is 0.443 e. The summed E-state index contributed by atoms with van der Waals surface area (Å²) < 4.78 is 16.6. The first-order valence-corrected chi connectivity index (χ1v) is 10.2. The van der Waals surface area contributed by atoms with Crippen molar-refractivity contribution < 1.29 is 24.1 Å². The van der Waals surface area contributed by atoms with Crippen molar-refractivity contribution in [3.63, 3.8) is 0 Å². The lowest BCUT2D eigenvalue weighted by atomic mass is 10.0. The highest BCUT2D eigenvalue weighted by atomic mass is 16.7. The number of alkyl carbamates (subject to hydrolysis) is 1. The normalized spacial score (nSPS) is 26.1. The maximum absolute atomic E-state index is 12.5. The second-order valence-corrected chi connectivity index (χ2v) is 8.03. The van der Waals surface area contributed by atoms with Crippen LogP contribution in [0.15, 0.2) is 30.3 Å². The summed E-state index contributed by atoms with van der Waals surface area (Å²) in [6.45, 7) is 6.42. The van der Waals surface area contributed by atoms with Crippen LogP contribution < -0.4 is 10.6 Å². The van der Waals surface area contributed by atoms with Crippen LogP contribution in [-0.4, -0.2) is 62.0 Å². The first-order chi connectivity index (χ1) is 13.5. The predicted molar refractivity (Wildman–Crippen MR) is 105 cm³/mol. The summed E-state index contributed by atoms with van der Waals surface area (Å²) in [5, 5.41) is 16.8. The molecule has 7 nitrogen and oxygen atoms in total.